The third-order valence-electron chi connectivity index (χ3n) is 18.6. The van der Waals surface area contributed by atoms with E-state index in [1.165, 1.54) is 0 Å². The van der Waals surface area contributed by atoms with E-state index < -0.39 is 75.8 Å². The maximum absolute atomic E-state index is 12.6. The molecule has 0 saturated heterocycles. The van der Waals surface area contributed by atoms with E-state index >= 15 is 0 Å². The van der Waals surface area contributed by atoms with Crippen molar-refractivity contribution in [3.63, 3.8) is 0 Å². The molecule has 15 atom stereocenters. The van der Waals surface area contributed by atoms with Crippen LogP contribution in [-0.4, -0.2) is 77.7 Å². The number of phenols is 2. The Bertz CT molecular complexity index is 2060. The molecule has 4 heterocycles. The molecule has 0 amide bonds. The molecular formula is C47H64O11. The topological polar surface area (TPSA) is 179 Å². The van der Waals surface area contributed by atoms with Crippen molar-refractivity contribution in [3.05, 3.63) is 45.5 Å². The van der Waals surface area contributed by atoms with Gasteiger partial charge in [-0.3, -0.25) is 0 Å². The Kier molecular flexibility index (Phi) is 8.35. The molecule has 0 radical (unpaired) electrons. The van der Waals surface area contributed by atoms with Gasteiger partial charge < -0.3 is 54.7 Å². The lowest BCUT2D eigenvalue weighted by Gasteiger charge is -2.64. The predicted octanol–water partition coefficient (Wildman–Crippen LogP) is 6.06. The third-order valence-corrected chi connectivity index (χ3v) is 18.6. The van der Waals surface area contributed by atoms with Crippen LogP contribution in [0.4, 0.5) is 0 Å². The summed E-state index contributed by atoms with van der Waals surface area (Å²) in [5.41, 5.74) is -0.00460. The zero-order valence-corrected chi connectivity index (χ0v) is 35.3. The zero-order valence-electron chi connectivity index (χ0n) is 35.3. The van der Waals surface area contributed by atoms with Gasteiger partial charge in [-0.25, -0.2) is 0 Å². The summed E-state index contributed by atoms with van der Waals surface area (Å²) >= 11 is 0. The quantitative estimate of drug-likeness (QED) is 0.165. The summed E-state index contributed by atoms with van der Waals surface area (Å²) < 4.78 is 28.0. The fourth-order valence-corrected chi connectivity index (χ4v) is 15.4. The first kappa shape index (κ1) is 39.5. The number of phenolic OH excluding ortho intramolecular Hbond substituents is 2. The summed E-state index contributed by atoms with van der Waals surface area (Å²) in [6.45, 7) is 17.0. The fraction of sp³-hybridized carbons (Fsp3) is 0.745. The molecule has 318 valence electrons. The van der Waals surface area contributed by atoms with Crippen molar-refractivity contribution >= 4 is 0 Å². The molecule has 11 nitrogen and oxygen atoms in total. The molecule has 0 aromatic heterocycles. The Morgan fingerprint density at radius 2 is 1.14 bits per heavy atom. The van der Waals surface area contributed by atoms with Crippen LogP contribution in [0.5, 0.6) is 23.0 Å². The minimum atomic E-state index is -1.26. The lowest BCUT2D eigenvalue weighted by atomic mass is 9.43. The Labute approximate surface area is 341 Å². The molecule has 10 rings (SSSR count). The van der Waals surface area contributed by atoms with Gasteiger partial charge in [-0.15, -0.1) is 0 Å². The maximum Gasteiger partial charge on any atom is 0.163 e. The van der Waals surface area contributed by atoms with Crippen molar-refractivity contribution in [2.24, 2.45) is 45.3 Å². The molecule has 4 aliphatic carbocycles. The molecule has 8 aliphatic rings. The highest BCUT2D eigenvalue weighted by Crippen LogP contribution is 2.70. The molecule has 2 spiro atoms. The average Bonchev–Trinajstić information content (AvgIpc) is 3.69. The summed E-state index contributed by atoms with van der Waals surface area (Å²) in [4.78, 5) is 0. The fourth-order valence-electron chi connectivity index (χ4n) is 15.4. The molecule has 0 unspecified atom stereocenters. The van der Waals surface area contributed by atoms with Crippen molar-refractivity contribution in [3.8, 4) is 23.0 Å². The second-order valence-electron chi connectivity index (χ2n) is 21.8. The molecule has 7 N–H and O–H groups in total. The number of aliphatic hydroxyl groups excluding tert-OH is 5. The molecule has 58 heavy (non-hydrogen) atoms. The van der Waals surface area contributed by atoms with E-state index in [1.807, 2.05) is 27.7 Å². The second-order valence-corrected chi connectivity index (χ2v) is 21.8. The first-order valence-electron chi connectivity index (χ1n) is 21.9. The van der Waals surface area contributed by atoms with Crippen molar-refractivity contribution in [1.82, 2.24) is 0 Å². The number of aliphatic hydroxyl groups is 5. The highest BCUT2D eigenvalue weighted by Gasteiger charge is 2.71. The van der Waals surface area contributed by atoms with Crippen molar-refractivity contribution in [1.29, 1.82) is 0 Å². The number of ether oxygens (including phenoxy) is 4. The number of benzene rings is 2. The predicted molar refractivity (Wildman–Crippen MR) is 212 cm³/mol. The van der Waals surface area contributed by atoms with Crippen molar-refractivity contribution in [2.45, 2.75) is 174 Å². The summed E-state index contributed by atoms with van der Waals surface area (Å²) in [7, 11) is 0. The maximum atomic E-state index is 12.6. The van der Waals surface area contributed by atoms with Gasteiger partial charge in [-0.2, -0.15) is 0 Å². The Balaban J connectivity index is 1.06. The highest BCUT2D eigenvalue weighted by molar-refractivity contribution is 5.62. The summed E-state index contributed by atoms with van der Waals surface area (Å²) in [5.74, 6) is 1.38. The van der Waals surface area contributed by atoms with Crippen LogP contribution in [0.25, 0.3) is 0 Å². The number of hydrogen-bond acceptors (Lipinski definition) is 11. The van der Waals surface area contributed by atoms with E-state index in [0.29, 0.717) is 65.0 Å². The van der Waals surface area contributed by atoms with Gasteiger partial charge in [0.1, 0.15) is 46.4 Å². The minimum absolute atomic E-state index is 0.0368. The first-order chi connectivity index (χ1) is 27.1. The number of aromatic hydroxyl groups is 2. The van der Waals surface area contributed by atoms with Gasteiger partial charge in [0.15, 0.2) is 6.29 Å². The lowest BCUT2D eigenvalue weighted by Crippen LogP contribution is -2.69. The first-order valence-corrected chi connectivity index (χ1v) is 21.9. The molecule has 4 saturated carbocycles. The SMILES string of the molecule is C[C@@H]1CC[C@H]2C(C)(C)[C@H](O)[C@H](O)C[C@]2(C)[C@@]12Cc1c(O)cc3c(c1O2)C[C@H]1OCc2cc(O)c4c(c2[C@H](O1)[C@H]3O)O[C@]1(C4)[C@H](C)CC[C@H]2C(C)(C)[C@H](O)[C@H](O)C[C@@]21C. The average molecular weight is 805 g/mol. The third kappa shape index (κ3) is 4.70. The van der Waals surface area contributed by atoms with Gasteiger partial charge in [-0.05, 0) is 96.3 Å². The Morgan fingerprint density at radius 1 is 0.638 bits per heavy atom. The van der Waals surface area contributed by atoms with Crippen LogP contribution < -0.4 is 9.47 Å². The molecular weight excluding hydrogens is 741 g/mol. The molecule has 4 fully saturated rings. The van der Waals surface area contributed by atoms with Crippen LogP contribution in [0.15, 0.2) is 12.1 Å². The number of rotatable bonds is 0. The van der Waals surface area contributed by atoms with Crippen LogP contribution in [0, 0.1) is 45.3 Å². The van der Waals surface area contributed by atoms with E-state index in [4.69, 9.17) is 18.9 Å². The summed E-state index contributed by atoms with van der Waals surface area (Å²) in [6.07, 6.45) is -1.29. The zero-order chi connectivity index (χ0) is 41.4. The Morgan fingerprint density at radius 3 is 1.69 bits per heavy atom. The van der Waals surface area contributed by atoms with Gasteiger partial charge in [0, 0.05) is 52.3 Å². The van der Waals surface area contributed by atoms with E-state index in [-0.39, 0.29) is 48.2 Å². The largest absolute Gasteiger partial charge is 0.508 e. The smallest absolute Gasteiger partial charge is 0.163 e. The van der Waals surface area contributed by atoms with Gasteiger partial charge in [0.05, 0.1) is 31.0 Å². The van der Waals surface area contributed by atoms with Gasteiger partial charge in [0.25, 0.3) is 0 Å². The molecule has 11 heteroatoms. The molecule has 4 aliphatic heterocycles. The summed E-state index contributed by atoms with van der Waals surface area (Å²) in [6, 6.07) is 3.37. The minimum Gasteiger partial charge on any atom is -0.508 e. The summed E-state index contributed by atoms with van der Waals surface area (Å²) in [5, 5.41) is 81.4. The van der Waals surface area contributed by atoms with Crippen LogP contribution in [-0.2, 0) is 35.3 Å². The van der Waals surface area contributed by atoms with Crippen LogP contribution >= 0.6 is 0 Å². The highest BCUT2D eigenvalue weighted by atomic mass is 16.7. The lowest BCUT2D eigenvalue weighted by molar-refractivity contribution is -0.240. The van der Waals surface area contributed by atoms with E-state index in [9.17, 15) is 35.7 Å². The van der Waals surface area contributed by atoms with Gasteiger partial charge >= 0.3 is 0 Å². The second kappa shape index (κ2) is 12.3. The standard InChI is InChI=1S/C47H64O11/c1-21-9-11-32-42(3,4)40(53)30(50)18-44(32,7)46(21)16-26-29(49)14-24-25(37(26)57-46)15-34-55-20-23-13-28(48)27-17-47(58-38(27)35(23)39(56-34)36(24)52)22(2)10-12-33-43(5,6)41(54)31(51)19-45(33,47)8/h13-14,21-22,30-34,36,39-41,48-54H,9-12,15-20H2,1-8H3/t21-,22-,30-,31-,32+,33+,34+,36+,39+,40-,41-,44+,45+,46-,47-/m1/s1. The van der Waals surface area contributed by atoms with Gasteiger partial charge in [0.2, 0.25) is 0 Å². The van der Waals surface area contributed by atoms with Gasteiger partial charge in [-0.1, -0.05) is 55.4 Å². The van der Waals surface area contributed by atoms with E-state index in [2.05, 4.69) is 27.7 Å². The molecule has 2 aromatic rings. The van der Waals surface area contributed by atoms with E-state index in [0.717, 1.165) is 31.2 Å². The number of fused-ring (bicyclic) bond motifs is 13. The molecule has 2 bridgehead atoms. The van der Waals surface area contributed by atoms with Crippen LogP contribution in [0.3, 0.4) is 0 Å². The van der Waals surface area contributed by atoms with Crippen LogP contribution in [0.1, 0.15) is 140 Å². The van der Waals surface area contributed by atoms with E-state index in [1.54, 1.807) is 12.1 Å². The number of hydrogen-bond donors (Lipinski definition) is 7. The monoisotopic (exact) mass is 804 g/mol. The van der Waals surface area contributed by atoms with Crippen molar-refractivity contribution in [2.75, 3.05) is 0 Å². The van der Waals surface area contributed by atoms with Crippen molar-refractivity contribution < 1.29 is 54.7 Å². The van der Waals surface area contributed by atoms with Crippen LogP contribution in [0.2, 0.25) is 0 Å². The molecule has 2 aromatic carbocycles. The normalized spacial score (nSPS) is 46.7. The Hall–Kier alpha value is -2.64.